The molecule has 1 N–H and O–H groups in total. The monoisotopic (exact) mass is 262 g/mol. The number of aliphatic hydroxyl groups is 1. The fourth-order valence-electron chi connectivity index (χ4n) is 1.74. The number of esters is 2. The zero-order valence-corrected chi connectivity index (χ0v) is 10.6. The van der Waals surface area contributed by atoms with Gasteiger partial charge in [-0.05, 0) is 0 Å². The molecule has 0 aromatic carbocycles. The Kier molecular flexibility index (Phi) is 5.52. The standard InChI is InChI=1S/C11H18O7/c1-6(12)16-5-8-4-9(14)10(17-7(2)13)11(15-3)18-8/h8-11,14H,4-5H2,1-3H3/t8-,9-,10+,11+/m0/s1. The predicted molar refractivity (Wildman–Crippen MR) is 58.5 cm³/mol. The molecule has 0 unspecified atom stereocenters. The second-order valence-corrected chi connectivity index (χ2v) is 4.04. The Morgan fingerprint density at radius 2 is 2.00 bits per heavy atom. The molecule has 1 saturated heterocycles. The summed E-state index contributed by atoms with van der Waals surface area (Å²) in [6.45, 7) is 2.55. The maximum Gasteiger partial charge on any atom is 0.303 e. The van der Waals surface area contributed by atoms with Gasteiger partial charge in [-0.1, -0.05) is 0 Å². The minimum atomic E-state index is -0.923. The average Bonchev–Trinajstić information content (AvgIpc) is 2.28. The van der Waals surface area contributed by atoms with Crippen LogP contribution in [-0.2, 0) is 28.5 Å². The maximum atomic E-state index is 10.9. The van der Waals surface area contributed by atoms with E-state index in [9.17, 15) is 14.7 Å². The van der Waals surface area contributed by atoms with E-state index in [0.29, 0.717) is 0 Å². The number of methoxy groups -OCH3 is 1. The second-order valence-electron chi connectivity index (χ2n) is 4.04. The minimum Gasteiger partial charge on any atom is -0.463 e. The van der Waals surface area contributed by atoms with Crippen LogP contribution in [0.2, 0.25) is 0 Å². The van der Waals surface area contributed by atoms with Crippen molar-refractivity contribution in [1.29, 1.82) is 0 Å². The van der Waals surface area contributed by atoms with Crippen molar-refractivity contribution in [1.82, 2.24) is 0 Å². The fourth-order valence-corrected chi connectivity index (χ4v) is 1.74. The lowest BCUT2D eigenvalue weighted by Gasteiger charge is -2.37. The Bertz CT molecular complexity index is 304. The lowest BCUT2D eigenvalue weighted by Crippen LogP contribution is -2.52. The van der Waals surface area contributed by atoms with Crippen LogP contribution in [-0.4, -0.2) is 55.4 Å². The van der Waals surface area contributed by atoms with Crippen molar-refractivity contribution in [3.05, 3.63) is 0 Å². The van der Waals surface area contributed by atoms with Gasteiger partial charge in [-0.15, -0.1) is 0 Å². The van der Waals surface area contributed by atoms with E-state index >= 15 is 0 Å². The summed E-state index contributed by atoms with van der Waals surface area (Å²) in [5.74, 6) is -0.952. The van der Waals surface area contributed by atoms with E-state index in [1.807, 2.05) is 0 Å². The van der Waals surface area contributed by atoms with Crippen molar-refractivity contribution in [2.45, 2.75) is 44.9 Å². The van der Waals surface area contributed by atoms with Crippen LogP contribution in [0, 0.1) is 0 Å². The molecule has 4 atom stereocenters. The lowest BCUT2D eigenvalue weighted by molar-refractivity contribution is -0.269. The summed E-state index contributed by atoms with van der Waals surface area (Å²) in [5, 5.41) is 9.88. The molecule has 7 heteroatoms. The van der Waals surface area contributed by atoms with Crippen molar-refractivity contribution in [2.24, 2.45) is 0 Å². The van der Waals surface area contributed by atoms with Crippen molar-refractivity contribution < 1.29 is 33.6 Å². The van der Waals surface area contributed by atoms with E-state index in [1.165, 1.54) is 21.0 Å². The minimum absolute atomic E-state index is 0.0268. The zero-order chi connectivity index (χ0) is 13.7. The predicted octanol–water partition coefficient (Wildman–Crippen LogP) is -0.397. The largest absolute Gasteiger partial charge is 0.463 e. The van der Waals surface area contributed by atoms with Gasteiger partial charge >= 0.3 is 11.9 Å². The Labute approximate surface area is 105 Å². The second kappa shape index (κ2) is 6.67. The molecule has 0 aromatic heterocycles. The van der Waals surface area contributed by atoms with Gasteiger partial charge in [-0.2, -0.15) is 0 Å². The van der Waals surface area contributed by atoms with Crippen molar-refractivity contribution in [2.75, 3.05) is 13.7 Å². The molecule has 0 aliphatic carbocycles. The molecule has 0 radical (unpaired) electrons. The van der Waals surface area contributed by atoms with Crippen LogP contribution in [0.1, 0.15) is 20.3 Å². The quantitative estimate of drug-likeness (QED) is 0.689. The van der Waals surface area contributed by atoms with Crippen molar-refractivity contribution >= 4 is 11.9 Å². The van der Waals surface area contributed by atoms with E-state index < -0.39 is 36.5 Å². The van der Waals surface area contributed by atoms with Crippen LogP contribution in [0.25, 0.3) is 0 Å². The average molecular weight is 262 g/mol. The van der Waals surface area contributed by atoms with E-state index in [-0.39, 0.29) is 13.0 Å². The Morgan fingerprint density at radius 3 is 2.50 bits per heavy atom. The number of rotatable bonds is 4. The molecule has 1 heterocycles. The molecule has 0 bridgehead atoms. The molecule has 0 aromatic rings. The van der Waals surface area contributed by atoms with Crippen LogP contribution >= 0.6 is 0 Å². The normalized spacial score (nSPS) is 31.8. The van der Waals surface area contributed by atoms with Gasteiger partial charge in [0.15, 0.2) is 12.4 Å². The zero-order valence-electron chi connectivity index (χ0n) is 10.6. The van der Waals surface area contributed by atoms with Crippen LogP contribution in [0.5, 0.6) is 0 Å². The number of ether oxygens (including phenoxy) is 4. The molecule has 7 nitrogen and oxygen atoms in total. The molecule has 0 spiro atoms. The smallest absolute Gasteiger partial charge is 0.303 e. The lowest BCUT2D eigenvalue weighted by atomic mass is 10.0. The first kappa shape index (κ1) is 14.9. The molecule has 104 valence electrons. The third kappa shape index (κ3) is 4.25. The van der Waals surface area contributed by atoms with Gasteiger partial charge < -0.3 is 24.1 Å². The van der Waals surface area contributed by atoms with Crippen molar-refractivity contribution in [3.63, 3.8) is 0 Å². The van der Waals surface area contributed by atoms with Gasteiger partial charge in [-0.3, -0.25) is 9.59 Å². The first-order valence-corrected chi connectivity index (χ1v) is 5.61. The van der Waals surface area contributed by atoms with E-state index in [1.54, 1.807) is 0 Å². The summed E-state index contributed by atoms with van der Waals surface area (Å²) in [5.41, 5.74) is 0. The van der Waals surface area contributed by atoms with Gasteiger partial charge in [0.2, 0.25) is 0 Å². The van der Waals surface area contributed by atoms with Gasteiger partial charge in [-0.25, -0.2) is 0 Å². The molecule has 0 saturated carbocycles. The maximum absolute atomic E-state index is 10.9. The topological polar surface area (TPSA) is 91.3 Å². The van der Waals surface area contributed by atoms with Gasteiger partial charge in [0, 0.05) is 27.4 Å². The summed E-state index contributed by atoms with van der Waals surface area (Å²) in [6, 6.07) is 0. The summed E-state index contributed by atoms with van der Waals surface area (Å²) in [6.07, 6.45) is -2.96. The number of carbonyl (C=O) groups excluding carboxylic acids is 2. The number of hydrogen-bond acceptors (Lipinski definition) is 7. The summed E-state index contributed by atoms with van der Waals surface area (Å²) < 4.78 is 20.2. The highest BCUT2D eigenvalue weighted by atomic mass is 16.7. The Balaban J connectivity index is 2.57. The Hall–Kier alpha value is -1.18. The highest BCUT2D eigenvalue weighted by Gasteiger charge is 2.40. The van der Waals surface area contributed by atoms with Crippen molar-refractivity contribution in [3.8, 4) is 0 Å². The van der Waals surface area contributed by atoms with Crippen LogP contribution in [0.3, 0.4) is 0 Å². The van der Waals surface area contributed by atoms with E-state index in [4.69, 9.17) is 18.9 Å². The van der Waals surface area contributed by atoms with E-state index in [0.717, 1.165) is 0 Å². The molecule has 18 heavy (non-hydrogen) atoms. The number of carbonyl (C=O) groups is 2. The molecule has 1 aliphatic heterocycles. The summed E-state index contributed by atoms with van der Waals surface area (Å²) >= 11 is 0. The Morgan fingerprint density at radius 1 is 1.33 bits per heavy atom. The molecular formula is C11H18O7. The van der Waals surface area contributed by atoms with Gasteiger partial charge in [0.1, 0.15) is 6.61 Å². The summed E-state index contributed by atoms with van der Waals surface area (Å²) in [4.78, 5) is 21.6. The highest BCUT2D eigenvalue weighted by molar-refractivity contribution is 5.66. The first-order valence-electron chi connectivity index (χ1n) is 5.61. The SMILES string of the molecule is CO[C@@H]1O[C@H](COC(C)=O)C[C@H](O)[C@H]1OC(C)=O. The van der Waals surface area contributed by atoms with Crippen LogP contribution in [0.15, 0.2) is 0 Å². The fraction of sp³-hybridized carbons (Fsp3) is 0.818. The molecule has 0 amide bonds. The third-order valence-electron chi connectivity index (χ3n) is 2.49. The molecular weight excluding hydrogens is 244 g/mol. The van der Waals surface area contributed by atoms with Gasteiger partial charge in [0.05, 0.1) is 12.2 Å². The molecule has 1 rings (SSSR count). The highest BCUT2D eigenvalue weighted by Crippen LogP contribution is 2.23. The number of aliphatic hydroxyl groups excluding tert-OH is 1. The number of hydrogen-bond donors (Lipinski definition) is 1. The molecule has 1 aliphatic rings. The first-order chi connectivity index (χ1) is 8.43. The third-order valence-corrected chi connectivity index (χ3v) is 2.49. The summed E-state index contributed by atoms with van der Waals surface area (Å²) in [7, 11) is 1.38. The van der Waals surface area contributed by atoms with Crippen LogP contribution in [0.4, 0.5) is 0 Å². The van der Waals surface area contributed by atoms with E-state index in [2.05, 4.69) is 0 Å². The van der Waals surface area contributed by atoms with Crippen LogP contribution < -0.4 is 0 Å². The van der Waals surface area contributed by atoms with Gasteiger partial charge in [0.25, 0.3) is 0 Å². The molecule has 1 fully saturated rings.